The molecule has 3 heteroatoms. The van der Waals surface area contributed by atoms with Gasteiger partial charge in [-0.25, -0.2) is 0 Å². The normalized spacial score (nSPS) is 21.9. The van der Waals surface area contributed by atoms with Crippen molar-refractivity contribution in [1.29, 1.82) is 0 Å². The van der Waals surface area contributed by atoms with E-state index in [9.17, 15) is 4.79 Å². The SMILES string of the molecule is CCN1CC(=O)N(Cc2ccccc2)C(C)C1. The molecule has 0 saturated carbocycles. The number of rotatable bonds is 3. The molecule has 1 unspecified atom stereocenters. The highest BCUT2D eigenvalue weighted by atomic mass is 16.2. The molecule has 0 aromatic heterocycles. The van der Waals surface area contributed by atoms with E-state index >= 15 is 0 Å². The van der Waals surface area contributed by atoms with Crippen molar-refractivity contribution >= 4 is 5.91 Å². The van der Waals surface area contributed by atoms with Crippen molar-refractivity contribution in [3.05, 3.63) is 35.9 Å². The third kappa shape index (κ3) is 2.86. The second-order valence-corrected chi connectivity index (χ2v) is 4.68. The Bertz CT molecular complexity index is 377. The summed E-state index contributed by atoms with van der Waals surface area (Å²) in [5.41, 5.74) is 1.21. The molecule has 0 spiro atoms. The fourth-order valence-electron chi connectivity index (χ4n) is 2.33. The molecule has 1 heterocycles. The minimum Gasteiger partial charge on any atom is -0.333 e. The van der Waals surface area contributed by atoms with E-state index in [0.717, 1.165) is 19.6 Å². The third-order valence-corrected chi connectivity index (χ3v) is 3.38. The largest absolute Gasteiger partial charge is 0.333 e. The second kappa shape index (κ2) is 5.32. The van der Waals surface area contributed by atoms with Crippen molar-refractivity contribution in [2.75, 3.05) is 19.6 Å². The highest BCUT2D eigenvalue weighted by Crippen LogP contribution is 2.14. The number of amides is 1. The maximum Gasteiger partial charge on any atom is 0.237 e. The minimum atomic E-state index is 0.245. The van der Waals surface area contributed by atoms with E-state index in [1.807, 2.05) is 23.1 Å². The average molecular weight is 232 g/mol. The van der Waals surface area contributed by atoms with Gasteiger partial charge in [-0.1, -0.05) is 37.3 Å². The Balaban J connectivity index is 2.04. The van der Waals surface area contributed by atoms with Gasteiger partial charge < -0.3 is 4.90 Å². The van der Waals surface area contributed by atoms with Gasteiger partial charge in [-0.3, -0.25) is 9.69 Å². The lowest BCUT2D eigenvalue weighted by molar-refractivity contribution is -0.139. The highest BCUT2D eigenvalue weighted by molar-refractivity contribution is 5.79. The van der Waals surface area contributed by atoms with Gasteiger partial charge in [0.05, 0.1) is 6.54 Å². The van der Waals surface area contributed by atoms with Gasteiger partial charge in [-0.2, -0.15) is 0 Å². The standard InChI is InChI=1S/C14H20N2O/c1-3-15-9-12(2)16(14(17)11-15)10-13-7-5-4-6-8-13/h4-8,12H,3,9-11H2,1-2H3. The van der Waals surface area contributed by atoms with Gasteiger partial charge in [0.1, 0.15) is 0 Å². The van der Waals surface area contributed by atoms with Crippen molar-refractivity contribution in [3.8, 4) is 0 Å². The molecule has 1 aliphatic heterocycles. The molecule has 1 fully saturated rings. The van der Waals surface area contributed by atoms with Crippen LogP contribution < -0.4 is 0 Å². The van der Waals surface area contributed by atoms with Crippen LogP contribution in [0.3, 0.4) is 0 Å². The number of nitrogens with zero attached hydrogens (tertiary/aromatic N) is 2. The number of piperazine rings is 1. The van der Waals surface area contributed by atoms with E-state index in [2.05, 4.69) is 30.9 Å². The molecule has 2 rings (SSSR count). The fraction of sp³-hybridized carbons (Fsp3) is 0.500. The van der Waals surface area contributed by atoms with Gasteiger partial charge in [-0.15, -0.1) is 0 Å². The number of carbonyl (C=O) groups is 1. The van der Waals surface area contributed by atoms with Gasteiger partial charge in [0.25, 0.3) is 0 Å². The molecular weight excluding hydrogens is 212 g/mol. The Kier molecular flexibility index (Phi) is 3.79. The predicted octanol–water partition coefficient (Wildman–Crippen LogP) is 1.74. The number of hydrogen-bond donors (Lipinski definition) is 0. The van der Waals surface area contributed by atoms with Crippen LogP contribution in [0, 0.1) is 0 Å². The molecule has 0 radical (unpaired) electrons. The predicted molar refractivity (Wildman–Crippen MR) is 68.6 cm³/mol. The van der Waals surface area contributed by atoms with Crippen LogP contribution in [0.1, 0.15) is 19.4 Å². The Hall–Kier alpha value is -1.35. The molecule has 0 bridgehead atoms. The Labute approximate surface area is 103 Å². The molecule has 1 saturated heterocycles. The summed E-state index contributed by atoms with van der Waals surface area (Å²) < 4.78 is 0. The van der Waals surface area contributed by atoms with E-state index in [1.54, 1.807) is 0 Å². The van der Waals surface area contributed by atoms with Crippen LogP contribution in [0.25, 0.3) is 0 Å². The summed E-state index contributed by atoms with van der Waals surface area (Å²) in [6.07, 6.45) is 0. The van der Waals surface area contributed by atoms with E-state index in [0.29, 0.717) is 12.6 Å². The third-order valence-electron chi connectivity index (χ3n) is 3.38. The Morgan fingerprint density at radius 1 is 1.29 bits per heavy atom. The average Bonchev–Trinajstić information content (AvgIpc) is 2.35. The van der Waals surface area contributed by atoms with Crippen LogP contribution in [-0.2, 0) is 11.3 Å². The van der Waals surface area contributed by atoms with Gasteiger partial charge in [0, 0.05) is 19.1 Å². The molecule has 92 valence electrons. The van der Waals surface area contributed by atoms with Gasteiger partial charge in [-0.05, 0) is 19.0 Å². The summed E-state index contributed by atoms with van der Waals surface area (Å²) in [5.74, 6) is 0.245. The molecule has 1 atom stereocenters. The quantitative estimate of drug-likeness (QED) is 0.792. The summed E-state index contributed by atoms with van der Waals surface area (Å²) in [4.78, 5) is 16.3. The lowest BCUT2D eigenvalue weighted by atomic mass is 10.1. The van der Waals surface area contributed by atoms with Crippen LogP contribution in [0.4, 0.5) is 0 Å². The molecule has 1 aromatic rings. The smallest absolute Gasteiger partial charge is 0.237 e. The van der Waals surface area contributed by atoms with Crippen LogP contribution >= 0.6 is 0 Å². The second-order valence-electron chi connectivity index (χ2n) is 4.68. The fourth-order valence-corrected chi connectivity index (χ4v) is 2.33. The van der Waals surface area contributed by atoms with Gasteiger partial charge >= 0.3 is 0 Å². The van der Waals surface area contributed by atoms with Crippen molar-refractivity contribution in [1.82, 2.24) is 9.80 Å². The van der Waals surface area contributed by atoms with Crippen molar-refractivity contribution < 1.29 is 4.79 Å². The Morgan fingerprint density at radius 2 is 2.00 bits per heavy atom. The Morgan fingerprint density at radius 3 is 2.59 bits per heavy atom. The molecule has 3 nitrogen and oxygen atoms in total. The first kappa shape index (κ1) is 12.1. The van der Waals surface area contributed by atoms with Gasteiger partial charge in [0.2, 0.25) is 5.91 Å². The maximum absolute atomic E-state index is 12.1. The molecule has 1 aromatic carbocycles. The van der Waals surface area contributed by atoms with Crippen LogP contribution in [0.2, 0.25) is 0 Å². The highest BCUT2D eigenvalue weighted by Gasteiger charge is 2.28. The molecule has 0 aliphatic carbocycles. The van der Waals surface area contributed by atoms with E-state index < -0.39 is 0 Å². The lowest BCUT2D eigenvalue weighted by Crippen LogP contribution is -2.54. The first-order valence-corrected chi connectivity index (χ1v) is 6.26. The summed E-state index contributed by atoms with van der Waals surface area (Å²) in [6, 6.07) is 10.5. The van der Waals surface area contributed by atoms with E-state index in [4.69, 9.17) is 0 Å². The lowest BCUT2D eigenvalue weighted by Gasteiger charge is -2.39. The monoisotopic (exact) mass is 232 g/mol. The zero-order valence-electron chi connectivity index (χ0n) is 10.6. The first-order chi connectivity index (χ1) is 8.20. The summed E-state index contributed by atoms with van der Waals surface area (Å²) in [6.45, 7) is 7.46. The van der Waals surface area contributed by atoms with Gasteiger partial charge in [0.15, 0.2) is 0 Å². The number of likely N-dealkylation sites (N-methyl/N-ethyl adjacent to an activating group) is 1. The number of hydrogen-bond acceptors (Lipinski definition) is 2. The van der Waals surface area contributed by atoms with Crippen molar-refractivity contribution in [3.63, 3.8) is 0 Å². The zero-order chi connectivity index (χ0) is 12.3. The molecule has 17 heavy (non-hydrogen) atoms. The molecule has 1 amide bonds. The summed E-state index contributed by atoms with van der Waals surface area (Å²) in [7, 11) is 0. The number of benzene rings is 1. The number of carbonyl (C=O) groups excluding carboxylic acids is 1. The molecule has 1 aliphatic rings. The maximum atomic E-state index is 12.1. The zero-order valence-corrected chi connectivity index (χ0v) is 10.6. The van der Waals surface area contributed by atoms with E-state index in [1.165, 1.54) is 5.56 Å². The van der Waals surface area contributed by atoms with Crippen LogP contribution in [-0.4, -0.2) is 41.4 Å². The molecule has 0 N–H and O–H groups in total. The van der Waals surface area contributed by atoms with Crippen molar-refractivity contribution in [2.45, 2.75) is 26.4 Å². The van der Waals surface area contributed by atoms with E-state index in [-0.39, 0.29) is 5.91 Å². The van der Waals surface area contributed by atoms with Crippen LogP contribution in [0.15, 0.2) is 30.3 Å². The topological polar surface area (TPSA) is 23.6 Å². The minimum absolute atomic E-state index is 0.245. The summed E-state index contributed by atoms with van der Waals surface area (Å²) >= 11 is 0. The first-order valence-electron chi connectivity index (χ1n) is 6.26. The summed E-state index contributed by atoms with van der Waals surface area (Å²) in [5, 5.41) is 0. The van der Waals surface area contributed by atoms with Crippen LogP contribution in [0.5, 0.6) is 0 Å². The molecular formula is C14H20N2O. The van der Waals surface area contributed by atoms with Crippen molar-refractivity contribution in [2.24, 2.45) is 0 Å².